The lowest BCUT2D eigenvalue weighted by Crippen LogP contribution is -2.51. The summed E-state index contributed by atoms with van der Waals surface area (Å²) >= 11 is 0. The summed E-state index contributed by atoms with van der Waals surface area (Å²) in [5.41, 5.74) is 5.10. The van der Waals surface area contributed by atoms with Crippen molar-refractivity contribution in [2.45, 2.75) is 12.1 Å². The molecule has 2 heterocycles. The number of imidazole rings is 1. The van der Waals surface area contributed by atoms with Crippen LogP contribution >= 0.6 is 0 Å². The van der Waals surface area contributed by atoms with Crippen LogP contribution in [0.2, 0.25) is 0 Å². The van der Waals surface area contributed by atoms with Crippen LogP contribution in [0.3, 0.4) is 0 Å². The summed E-state index contributed by atoms with van der Waals surface area (Å²) in [5, 5.41) is 9.22. The summed E-state index contributed by atoms with van der Waals surface area (Å²) in [6.07, 6.45) is 6.47. The Morgan fingerprint density at radius 3 is 2.75 bits per heavy atom. The van der Waals surface area contributed by atoms with Crippen LogP contribution < -0.4 is 5.73 Å². The maximum atomic E-state index is 11.3. The second kappa shape index (κ2) is 3.82. The zero-order valence-electron chi connectivity index (χ0n) is 8.50. The third-order valence-electron chi connectivity index (χ3n) is 2.45. The van der Waals surface area contributed by atoms with E-state index in [1.54, 1.807) is 30.7 Å². The fourth-order valence-electron chi connectivity index (χ4n) is 1.55. The number of aromatic amines is 1. The highest BCUT2D eigenvalue weighted by atomic mass is 16.4. The molecule has 1 unspecified atom stereocenters. The molecular formula is C10H12N4O2. The number of nitrogens with one attached hydrogen (secondary N) is 1. The lowest BCUT2D eigenvalue weighted by Gasteiger charge is -2.26. The second-order valence-electron chi connectivity index (χ2n) is 3.57. The van der Waals surface area contributed by atoms with Crippen molar-refractivity contribution in [3.05, 3.63) is 42.7 Å². The number of H-pyrrole nitrogens is 1. The maximum absolute atomic E-state index is 11.3. The van der Waals surface area contributed by atoms with Gasteiger partial charge in [0.15, 0.2) is 5.66 Å². The molecule has 0 aromatic carbocycles. The van der Waals surface area contributed by atoms with Crippen molar-refractivity contribution in [2.24, 2.45) is 5.73 Å². The summed E-state index contributed by atoms with van der Waals surface area (Å²) in [7, 11) is 0. The van der Waals surface area contributed by atoms with Crippen LogP contribution in [0.25, 0.3) is 0 Å². The predicted octanol–water partition coefficient (Wildman–Crippen LogP) is 0.150. The summed E-state index contributed by atoms with van der Waals surface area (Å²) in [4.78, 5) is 17.9. The third kappa shape index (κ3) is 1.70. The van der Waals surface area contributed by atoms with Gasteiger partial charge < -0.3 is 14.7 Å². The molecule has 0 aliphatic rings. The Balaban J connectivity index is 2.33. The van der Waals surface area contributed by atoms with Gasteiger partial charge in [0.1, 0.15) is 0 Å². The van der Waals surface area contributed by atoms with E-state index in [1.807, 2.05) is 0 Å². The average molecular weight is 220 g/mol. The molecule has 4 N–H and O–H groups in total. The number of carbonyl (C=O) groups is 1. The van der Waals surface area contributed by atoms with E-state index in [4.69, 9.17) is 5.73 Å². The van der Waals surface area contributed by atoms with Gasteiger partial charge >= 0.3 is 5.97 Å². The van der Waals surface area contributed by atoms with E-state index in [9.17, 15) is 9.90 Å². The first-order valence-corrected chi connectivity index (χ1v) is 4.76. The highest BCUT2D eigenvalue weighted by Crippen LogP contribution is 2.16. The van der Waals surface area contributed by atoms with Crippen molar-refractivity contribution in [3.63, 3.8) is 0 Å². The first kappa shape index (κ1) is 10.4. The number of aromatic nitrogens is 3. The SMILES string of the molecule is NC(Cc1cnc[nH]1)(C(=O)O)n1cccc1. The number of hydrogen-bond acceptors (Lipinski definition) is 3. The molecule has 0 fully saturated rings. The number of rotatable bonds is 4. The molecule has 0 radical (unpaired) electrons. The Labute approximate surface area is 91.7 Å². The van der Waals surface area contributed by atoms with E-state index in [0.29, 0.717) is 5.69 Å². The molecule has 0 saturated heterocycles. The molecule has 6 heteroatoms. The largest absolute Gasteiger partial charge is 0.478 e. The van der Waals surface area contributed by atoms with Crippen LogP contribution in [0.15, 0.2) is 37.1 Å². The third-order valence-corrected chi connectivity index (χ3v) is 2.45. The Bertz CT molecular complexity index is 463. The smallest absolute Gasteiger partial charge is 0.345 e. The molecular weight excluding hydrogens is 208 g/mol. The minimum atomic E-state index is -1.49. The van der Waals surface area contributed by atoms with Gasteiger partial charge in [0.2, 0.25) is 0 Å². The molecule has 16 heavy (non-hydrogen) atoms. The van der Waals surface area contributed by atoms with Crippen molar-refractivity contribution in [1.29, 1.82) is 0 Å². The molecule has 0 aliphatic heterocycles. The fraction of sp³-hybridized carbons (Fsp3) is 0.200. The number of carboxylic acids is 1. The van der Waals surface area contributed by atoms with Gasteiger partial charge in [-0.2, -0.15) is 0 Å². The van der Waals surface area contributed by atoms with Crippen LogP contribution in [0.4, 0.5) is 0 Å². The van der Waals surface area contributed by atoms with Crippen molar-refractivity contribution in [2.75, 3.05) is 0 Å². The number of hydrogen-bond donors (Lipinski definition) is 3. The van der Waals surface area contributed by atoms with Crippen molar-refractivity contribution >= 4 is 5.97 Å². The monoisotopic (exact) mass is 220 g/mol. The quantitative estimate of drug-likeness (QED) is 0.683. The highest BCUT2D eigenvalue weighted by Gasteiger charge is 2.36. The van der Waals surface area contributed by atoms with Gasteiger partial charge in [-0.1, -0.05) is 0 Å². The highest BCUT2D eigenvalue weighted by molar-refractivity contribution is 5.76. The summed E-state index contributed by atoms with van der Waals surface area (Å²) < 4.78 is 1.47. The maximum Gasteiger partial charge on any atom is 0.345 e. The summed E-state index contributed by atoms with van der Waals surface area (Å²) in [6.45, 7) is 0. The van der Waals surface area contributed by atoms with Crippen LogP contribution in [0.1, 0.15) is 5.69 Å². The lowest BCUT2D eigenvalue weighted by atomic mass is 10.1. The minimum Gasteiger partial charge on any atom is -0.478 e. The molecule has 0 spiro atoms. The van der Waals surface area contributed by atoms with Crippen LogP contribution in [-0.2, 0) is 16.9 Å². The average Bonchev–Trinajstić information content (AvgIpc) is 2.88. The minimum absolute atomic E-state index is 0.150. The van der Waals surface area contributed by atoms with Gasteiger partial charge in [0.05, 0.1) is 6.33 Å². The standard InChI is InChI=1S/C10H12N4O2/c11-10(9(15)16,14-3-1-2-4-14)5-8-6-12-7-13-8/h1-4,6-7H,5,11H2,(H,12,13)(H,15,16). The van der Waals surface area contributed by atoms with Crippen molar-refractivity contribution in [3.8, 4) is 0 Å². The summed E-state index contributed by atoms with van der Waals surface area (Å²) in [5.74, 6) is -1.08. The molecule has 2 rings (SSSR count). The fourth-order valence-corrected chi connectivity index (χ4v) is 1.55. The van der Waals surface area contributed by atoms with Crippen molar-refractivity contribution < 1.29 is 9.90 Å². The molecule has 84 valence electrons. The van der Waals surface area contributed by atoms with E-state index in [0.717, 1.165) is 0 Å². The van der Waals surface area contributed by atoms with Crippen LogP contribution in [0, 0.1) is 0 Å². The van der Waals surface area contributed by atoms with E-state index >= 15 is 0 Å². The molecule has 2 aromatic heterocycles. The molecule has 0 bridgehead atoms. The van der Waals surface area contributed by atoms with Gasteiger partial charge in [0.25, 0.3) is 0 Å². The molecule has 2 aromatic rings. The molecule has 6 nitrogen and oxygen atoms in total. The second-order valence-corrected chi connectivity index (χ2v) is 3.57. The molecule has 0 aliphatic carbocycles. The first-order chi connectivity index (χ1) is 7.63. The zero-order chi connectivity index (χ0) is 11.6. The van der Waals surface area contributed by atoms with Gasteiger partial charge in [-0.25, -0.2) is 9.78 Å². The van der Waals surface area contributed by atoms with Crippen LogP contribution in [0.5, 0.6) is 0 Å². The molecule has 1 atom stereocenters. The Morgan fingerprint density at radius 1 is 1.56 bits per heavy atom. The Kier molecular flexibility index (Phi) is 2.49. The number of nitrogens with zero attached hydrogens (tertiary/aromatic N) is 2. The van der Waals surface area contributed by atoms with Crippen LogP contribution in [-0.4, -0.2) is 25.6 Å². The Hall–Kier alpha value is -2.08. The van der Waals surface area contributed by atoms with E-state index in [1.165, 1.54) is 10.9 Å². The lowest BCUT2D eigenvalue weighted by molar-refractivity contribution is -0.147. The predicted molar refractivity (Wildman–Crippen MR) is 56.5 cm³/mol. The van der Waals surface area contributed by atoms with Gasteiger partial charge in [-0.15, -0.1) is 0 Å². The van der Waals surface area contributed by atoms with Gasteiger partial charge in [0, 0.05) is 30.7 Å². The molecule has 0 amide bonds. The van der Waals surface area contributed by atoms with E-state index in [-0.39, 0.29) is 6.42 Å². The summed E-state index contributed by atoms with van der Waals surface area (Å²) in [6, 6.07) is 3.47. The van der Waals surface area contributed by atoms with E-state index in [2.05, 4.69) is 9.97 Å². The molecule has 0 saturated carbocycles. The normalized spacial score (nSPS) is 14.6. The van der Waals surface area contributed by atoms with Gasteiger partial charge in [-0.05, 0) is 12.1 Å². The first-order valence-electron chi connectivity index (χ1n) is 4.76. The zero-order valence-corrected chi connectivity index (χ0v) is 8.50. The number of carboxylic acid groups (broad SMARTS) is 1. The van der Waals surface area contributed by atoms with Crippen molar-refractivity contribution in [1.82, 2.24) is 14.5 Å². The Morgan fingerprint density at radius 2 is 2.25 bits per heavy atom. The van der Waals surface area contributed by atoms with E-state index < -0.39 is 11.6 Å². The van der Waals surface area contributed by atoms with Gasteiger partial charge in [-0.3, -0.25) is 5.73 Å². The number of aliphatic carboxylic acids is 1. The topological polar surface area (TPSA) is 96.9 Å². The number of nitrogens with two attached hydrogens (primary N) is 1.